The molecule has 1 N–H and O–H groups in total. The quantitative estimate of drug-likeness (QED) is 0.873. The second-order valence-corrected chi connectivity index (χ2v) is 7.91. The van der Waals surface area contributed by atoms with Crippen molar-refractivity contribution in [2.75, 3.05) is 18.8 Å². The molecule has 1 aromatic heterocycles. The Morgan fingerprint density at radius 1 is 1.38 bits per heavy atom. The molecule has 1 aromatic carbocycles. The van der Waals surface area contributed by atoms with Crippen LogP contribution in [0.15, 0.2) is 29.2 Å². The van der Waals surface area contributed by atoms with Gasteiger partial charge in [0.05, 0.1) is 11.2 Å². The molecule has 2 aliphatic rings. The third-order valence-electron chi connectivity index (χ3n) is 5.36. The van der Waals surface area contributed by atoms with E-state index in [4.69, 9.17) is 0 Å². The second-order valence-electron chi connectivity index (χ2n) is 6.80. The molecule has 0 aliphatic carbocycles. The fourth-order valence-corrected chi connectivity index (χ4v) is 5.64. The Bertz CT molecular complexity index is 662. The molecule has 0 radical (unpaired) electrons. The summed E-state index contributed by atoms with van der Waals surface area (Å²) in [5.74, 6) is 2.07. The first-order valence-corrected chi connectivity index (χ1v) is 9.20. The van der Waals surface area contributed by atoms with Crippen LogP contribution in [0.1, 0.15) is 38.8 Å². The normalized spacial score (nSPS) is 29.3. The van der Waals surface area contributed by atoms with Crippen molar-refractivity contribution in [2.24, 2.45) is 5.92 Å². The molecular weight excluding hydrogens is 276 g/mol. The predicted molar refractivity (Wildman–Crippen MR) is 91.0 cm³/mol. The van der Waals surface area contributed by atoms with E-state index in [1.807, 2.05) is 11.8 Å². The van der Waals surface area contributed by atoms with Crippen molar-refractivity contribution < 1.29 is 0 Å². The zero-order valence-corrected chi connectivity index (χ0v) is 13.8. The molecule has 0 spiro atoms. The van der Waals surface area contributed by atoms with Gasteiger partial charge in [0.25, 0.3) is 0 Å². The summed E-state index contributed by atoms with van der Waals surface area (Å²) in [7, 11) is 0. The number of hydrogen-bond acceptors (Lipinski definition) is 2. The number of nitrogens with one attached hydrogen (secondary N) is 1. The first kappa shape index (κ1) is 13.7. The molecule has 3 heterocycles. The summed E-state index contributed by atoms with van der Waals surface area (Å²) >= 11 is 2.04. The fourth-order valence-electron chi connectivity index (χ4n) is 4.37. The summed E-state index contributed by atoms with van der Waals surface area (Å²) in [6, 6.07) is 8.79. The van der Waals surface area contributed by atoms with Crippen LogP contribution in [0.2, 0.25) is 0 Å². The maximum Gasteiger partial charge on any atom is 0.0598 e. The van der Waals surface area contributed by atoms with Gasteiger partial charge in [-0.3, -0.25) is 4.90 Å². The highest BCUT2D eigenvalue weighted by Gasteiger charge is 2.46. The summed E-state index contributed by atoms with van der Waals surface area (Å²) in [5.41, 5.74) is 2.99. The van der Waals surface area contributed by atoms with Crippen molar-refractivity contribution >= 4 is 22.7 Å². The minimum absolute atomic E-state index is 0.206. The van der Waals surface area contributed by atoms with Crippen LogP contribution in [0.5, 0.6) is 0 Å². The van der Waals surface area contributed by atoms with Crippen LogP contribution in [-0.2, 0) is 5.54 Å². The third kappa shape index (κ3) is 2.05. The molecule has 3 heteroatoms. The number of nitrogens with zero attached hydrogens (tertiary/aromatic N) is 1. The number of thioether (sulfide) groups is 1. The molecule has 2 atom stereocenters. The van der Waals surface area contributed by atoms with Crippen molar-refractivity contribution in [1.29, 1.82) is 0 Å². The van der Waals surface area contributed by atoms with E-state index in [0.29, 0.717) is 0 Å². The van der Waals surface area contributed by atoms with Crippen molar-refractivity contribution in [3.63, 3.8) is 0 Å². The molecule has 1 fully saturated rings. The zero-order chi connectivity index (χ0) is 14.4. The van der Waals surface area contributed by atoms with Crippen LogP contribution in [-0.4, -0.2) is 28.7 Å². The number of aromatic amines is 1. The van der Waals surface area contributed by atoms with E-state index < -0.39 is 0 Å². The molecule has 2 aromatic rings. The number of para-hydroxylation sites is 1. The summed E-state index contributed by atoms with van der Waals surface area (Å²) in [6.45, 7) is 7.27. The first-order chi connectivity index (χ1) is 10.2. The lowest BCUT2D eigenvalue weighted by Crippen LogP contribution is -2.39. The molecule has 0 bridgehead atoms. The van der Waals surface area contributed by atoms with Crippen LogP contribution in [0.3, 0.4) is 0 Å². The topological polar surface area (TPSA) is 19.0 Å². The number of aromatic nitrogens is 1. The van der Waals surface area contributed by atoms with Crippen molar-refractivity contribution in [2.45, 2.75) is 43.5 Å². The molecule has 2 aliphatic heterocycles. The fraction of sp³-hybridized carbons (Fsp3) is 0.556. The van der Waals surface area contributed by atoms with E-state index in [2.05, 4.69) is 48.0 Å². The first-order valence-electron chi connectivity index (χ1n) is 8.21. The second kappa shape index (κ2) is 5.06. The largest absolute Gasteiger partial charge is 0.356 e. The van der Waals surface area contributed by atoms with E-state index in [1.165, 1.54) is 59.6 Å². The molecular formula is C18H24N2S. The van der Waals surface area contributed by atoms with Crippen molar-refractivity contribution in [3.8, 4) is 0 Å². The van der Waals surface area contributed by atoms with E-state index in [-0.39, 0.29) is 5.54 Å². The predicted octanol–water partition coefficient (Wildman–Crippen LogP) is 4.61. The summed E-state index contributed by atoms with van der Waals surface area (Å²) in [5, 5.41) is 1.42. The van der Waals surface area contributed by atoms with Crippen LogP contribution in [0.4, 0.5) is 0 Å². The van der Waals surface area contributed by atoms with Gasteiger partial charge in [-0.2, -0.15) is 0 Å². The lowest BCUT2D eigenvalue weighted by molar-refractivity contribution is 0.162. The van der Waals surface area contributed by atoms with Crippen molar-refractivity contribution in [1.82, 2.24) is 9.88 Å². The number of H-pyrrole nitrogens is 1. The molecule has 2 unspecified atom stereocenters. The average molecular weight is 300 g/mol. The minimum atomic E-state index is 0.206. The maximum absolute atomic E-state index is 3.77. The van der Waals surface area contributed by atoms with Gasteiger partial charge in [0, 0.05) is 34.6 Å². The van der Waals surface area contributed by atoms with Gasteiger partial charge < -0.3 is 4.98 Å². The van der Waals surface area contributed by atoms with Gasteiger partial charge in [-0.15, -0.1) is 11.8 Å². The average Bonchev–Trinajstić information content (AvgIpc) is 2.96. The van der Waals surface area contributed by atoms with Crippen LogP contribution in [0, 0.1) is 5.92 Å². The van der Waals surface area contributed by atoms with E-state index in [1.54, 1.807) is 0 Å². The van der Waals surface area contributed by atoms with E-state index in [0.717, 1.165) is 5.92 Å². The lowest BCUT2D eigenvalue weighted by atomic mass is 9.89. The monoisotopic (exact) mass is 300 g/mol. The van der Waals surface area contributed by atoms with Gasteiger partial charge in [-0.1, -0.05) is 31.5 Å². The van der Waals surface area contributed by atoms with Gasteiger partial charge in [-0.25, -0.2) is 0 Å². The van der Waals surface area contributed by atoms with E-state index >= 15 is 0 Å². The lowest BCUT2D eigenvalue weighted by Gasteiger charge is -2.33. The SMILES string of the molecule is CCCC1CN2CCSc3c([nH]c4ccccc34)C2(C)C1. The number of fused-ring (bicyclic) bond motifs is 5. The van der Waals surface area contributed by atoms with Gasteiger partial charge >= 0.3 is 0 Å². The molecule has 0 saturated carbocycles. The van der Waals surface area contributed by atoms with Crippen LogP contribution < -0.4 is 0 Å². The number of benzene rings is 1. The third-order valence-corrected chi connectivity index (χ3v) is 6.46. The minimum Gasteiger partial charge on any atom is -0.356 e. The van der Waals surface area contributed by atoms with Gasteiger partial charge in [-0.05, 0) is 31.7 Å². The molecule has 4 rings (SSSR count). The van der Waals surface area contributed by atoms with Gasteiger partial charge in [0.1, 0.15) is 0 Å². The molecule has 2 nitrogen and oxygen atoms in total. The van der Waals surface area contributed by atoms with Crippen LogP contribution in [0.25, 0.3) is 10.9 Å². The van der Waals surface area contributed by atoms with Crippen molar-refractivity contribution in [3.05, 3.63) is 30.0 Å². The van der Waals surface area contributed by atoms with Crippen LogP contribution >= 0.6 is 11.8 Å². The molecule has 21 heavy (non-hydrogen) atoms. The highest BCUT2D eigenvalue weighted by Crippen LogP contribution is 2.49. The Morgan fingerprint density at radius 2 is 2.24 bits per heavy atom. The summed E-state index contributed by atoms with van der Waals surface area (Å²) in [6.07, 6.45) is 3.99. The Morgan fingerprint density at radius 3 is 3.10 bits per heavy atom. The Kier molecular flexibility index (Phi) is 3.31. The Hall–Kier alpha value is -0.930. The smallest absolute Gasteiger partial charge is 0.0598 e. The highest BCUT2D eigenvalue weighted by molar-refractivity contribution is 7.99. The number of rotatable bonds is 2. The molecule has 112 valence electrons. The summed E-state index contributed by atoms with van der Waals surface area (Å²) < 4.78 is 0. The van der Waals surface area contributed by atoms with Gasteiger partial charge in [0.15, 0.2) is 0 Å². The number of hydrogen-bond donors (Lipinski definition) is 1. The van der Waals surface area contributed by atoms with E-state index in [9.17, 15) is 0 Å². The maximum atomic E-state index is 3.77. The zero-order valence-electron chi connectivity index (χ0n) is 13.0. The van der Waals surface area contributed by atoms with Gasteiger partial charge in [0.2, 0.25) is 0 Å². The summed E-state index contributed by atoms with van der Waals surface area (Å²) in [4.78, 5) is 8.01. The Labute approximate surface area is 131 Å². The molecule has 0 amide bonds. The highest BCUT2D eigenvalue weighted by atomic mass is 32.2. The molecule has 1 saturated heterocycles. The standard InChI is InChI=1S/C18H24N2S/c1-3-6-13-11-18(2)17-16(21-10-9-20(18)12-13)14-7-4-5-8-15(14)19-17/h4-5,7-8,13,19H,3,6,9-12H2,1-2H3. The Balaban J connectivity index is 1.83.